The summed E-state index contributed by atoms with van der Waals surface area (Å²) in [4.78, 5) is 13.0. The van der Waals surface area contributed by atoms with Crippen molar-refractivity contribution in [3.05, 3.63) is 22.7 Å². The minimum atomic E-state index is 0.686. The van der Waals surface area contributed by atoms with Gasteiger partial charge in [-0.05, 0) is 19.4 Å². The number of anilines is 1. The molecule has 0 unspecified atom stereocenters. The zero-order valence-corrected chi connectivity index (χ0v) is 10.2. The van der Waals surface area contributed by atoms with Gasteiger partial charge < -0.3 is 5.32 Å². The summed E-state index contributed by atoms with van der Waals surface area (Å²) in [6.07, 6.45) is 2.84. The van der Waals surface area contributed by atoms with Gasteiger partial charge in [0, 0.05) is 18.1 Å². The van der Waals surface area contributed by atoms with Gasteiger partial charge in [0.05, 0.1) is 5.01 Å². The molecule has 2 aromatic heterocycles. The Bertz CT molecular complexity index is 467. The van der Waals surface area contributed by atoms with Crippen LogP contribution in [0.5, 0.6) is 0 Å². The van der Waals surface area contributed by atoms with Crippen LogP contribution in [0.4, 0.5) is 5.82 Å². The van der Waals surface area contributed by atoms with Gasteiger partial charge in [-0.15, -0.1) is 11.3 Å². The third-order valence-electron chi connectivity index (χ3n) is 2.06. The predicted molar refractivity (Wildman–Crippen MR) is 66.7 cm³/mol. The monoisotopic (exact) mass is 234 g/mol. The third kappa shape index (κ3) is 2.55. The first kappa shape index (κ1) is 11.0. The fourth-order valence-corrected chi connectivity index (χ4v) is 1.89. The average molecular weight is 234 g/mol. The maximum absolute atomic E-state index is 4.42. The van der Waals surface area contributed by atoms with Crippen LogP contribution in [0.25, 0.3) is 11.5 Å². The first-order valence-corrected chi connectivity index (χ1v) is 6.17. The molecule has 84 valence electrons. The van der Waals surface area contributed by atoms with E-state index in [0.717, 1.165) is 29.5 Å². The SMILES string of the molecule is CCCNc1ccnc(-c2csc(C)n2)n1. The molecule has 16 heavy (non-hydrogen) atoms. The highest BCUT2D eigenvalue weighted by atomic mass is 32.1. The second kappa shape index (κ2) is 5.03. The molecule has 4 nitrogen and oxygen atoms in total. The maximum atomic E-state index is 4.42. The van der Waals surface area contributed by atoms with Gasteiger partial charge in [0.1, 0.15) is 11.5 Å². The van der Waals surface area contributed by atoms with Gasteiger partial charge in [-0.1, -0.05) is 6.92 Å². The van der Waals surface area contributed by atoms with Crippen LogP contribution in [0.1, 0.15) is 18.4 Å². The van der Waals surface area contributed by atoms with Crippen LogP contribution in [0.3, 0.4) is 0 Å². The van der Waals surface area contributed by atoms with Crippen LogP contribution < -0.4 is 5.32 Å². The van der Waals surface area contributed by atoms with E-state index in [-0.39, 0.29) is 0 Å². The van der Waals surface area contributed by atoms with Crippen LogP contribution in [0.2, 0.25) is 0 Å². The van der Waals surface area contributed by atoms with Gasteiger partial charge in [-0.2, -0.15) is 0 Å². The number of aromatic nitrogens is 3. The van der Waals surface area contributed by atoms with Gasteiger partial charge in [0.15, 0.2) is 5.82 Å². The summed E-state index contributed by atoms with van der Waals surface area (Å²) >= 11 is 1.61. The zero-order valence-electron chi connectivity index (χ0n) is 9.40. The van der Waals surface area contributed by atoms with Crippen molar-refractivity contribution in [3.63, 3.8) is 0 Å². The molecule has 2 heterocycles. The minimum Gasteiger partial charge on any atom is -0.370 e. The van der Waals surface area contributed by atoms with Crippen molar-refractivity contribution in [1.29, 1.82) is 0 Å². The van der Waals surface area contributed by atoms with E-state index in [1.165, 1.54) is 0 Å². The highest BCUT2D eigenvalue weighted by Crippen LogP contribution is 2.18. The Morgan fingerprint density at radius 1 is 1.38 bits per heavy atom. The van der Waals surface area contributed by atoms with Crippen LogP contribution >= 0.6 is 11.3 Å². The average Bonchev–Trinajstić information content (AvgIpc) is 2.74. The van der Waals surface area contributed by atoms with E-state index in [2.05, 4.69) is 27.2 Å². The topological polar surface area (TPSA) is 50.7 Å². The number of hydrogen-bond acceptors (Lipinski definition) is 5. The normalized spacial score (nSPS) is 10.4. The van der Waals surface area contributed by atoms with E-state index in [0.29, 0.717) is 5.82 Å². The van der Waals surface area contributed by atoms with Crippen molar-refractivity contribution < 1.29 is 0 Å². The fourth-order valence-electron chi connectivity index (χ4n) is 1.30. The lowest BCUT2D eigenvalue weighted by Gasteiger charge is -2.03. The molecule has 0 aliphatic heterocycles. The van der Waals surface area contributed by atoms with E-state index in [1.807, 2.05) is 18.4 Å². The molecule has 0 atom stereocenters. The number of thiazole rings is 1. The van der Waals surface area contributed by atoms with Gasteiger partial charge in [0.25, 0.3) is 0 Å². The first-order chi connectivity index (χ1) is 7.79. The number of hydrogen-bond donors (Lipinski definition) is 1. The molecule has 0 radical (unpaired) electrons. The number of aryl methyl sites for hydroxylation is 1. The molecule has 2 rings (SSSR count). The lowest BCUT2D eigenvalue weighted by molar-refractivity contribution is 0.965. The number of nitrogens with one attached hydrogen (secondary N) is 1. The molecule has 0 aromatic carbocycles. The number of nitrogens with zero attached hydrogens (tertiary/aromatic N) is 3. The second-order valence-electron chi connectivity index (χ2n) is 3.44. The Morgan fingerprint density at radius 3 is 2.94 bits per heavy atom. The van der Waals surface area contributed by atoms with Crippen LogP contribution in [0, 0.1) is 6.92 Å². The molecule has 5 heteroatoms. The van der Waals surface area contributed by atoms with E-state index in [4.69, 9.17) is 0 Å². The molecule has 2 aromatic rings. The van der Waals surface area contributed by atoms with Crippen molar-refractivity contribution in [2.45, 2.75) is 20.3 Å². The Labute approximate surface area is 98.8 Å². The second-order valence-corrected chi connectivity index (χ2v) is 4.51. The molecule has 0 spiro atoms. The zero-order chi connectivity index (χ0) is 11.4. The smallest absolute Gasteiger partial charge is 0.181 e. The van der Waals surface area contributed by atoms with Gasteiger partial charge in [0.2, 0.25) is 0 Å². The molecule has 0 amide bonds. The van der Waals surface area contributed by atoms with Crippen molar-refractivity contribution >= 4 is 17.2 Å². The molecule has 0 aliphatic carbocycles. The summed E-state index contributed by atoms with van der Waals surface area (Å²) in [5.74, 6) is 1.54. The number of rotatable bonds is 4. The van der Waals surface area contributed by atoms with E-state index in [1.54, 1.807) is 17.5 Å². The Balaban J connectivity index is 2.22. The van der Waals surface area contributed by atoms with Crippen LogP contribution in [0.15, 0.2) is 17.6 Å². The standard InChI is InChI=1S/C11H14N4S/c1-3-5-12-10-4-6-13-11(15-10)9-7-16-8(2)14-9/h4,6-7H,3,5H2,1-2H3,(H,12,13,15). The van der Waals surface area contributed by atoms with Gasteiger partial charge in [-0.25, -0.2) is 15.0 Å². The molecule has 0 saturated carbocycles. The molecule has 0 aliphatic rings. The summed E-state index contributed by atoms with van der Waals surface area (Å²) in [6, 6.07) is 1.87. The van der Waals surface area contributed by atoms with Crippen molar-refractivity contribution in [2.75, 3.05) is 11.9 Å². The Morgan fingerprint density at radius 2 is 2.25 bits per heavy atom. The highest BCUT2D eigenvalue weighted by molar-refractivity contribution is 7.09. The highest BCUT2D eigenvalue weighted by Gasteiger charge is 2.05. The molecule has 0 fully saturated rings. The van der Waals surface area contributed by atoms with Gasteiger partial charge in [-0.3, -0.25) is 0 Å². The maximum Gasteiger partial charge on any atom is 0.181 e. The molecule has 0 saturated heterocycles. The van der Waals surface area contributed by atoms with E-state index >= 15 is 0 Å². The lowest BCUT2D eigenvalue weighted by atomic mass is 10.4. The summed E-state index contributed by atoms with van der Waals surface area (Å²) in [7, 11) is 0. The predicted octanol–water partition coefficient (Wildman–Crippen LogP) is 2.73. The Kier molecular flexibility index (Phi) is 3.46. The summed E-state index contributed by atoms with van der Waals surface area (Å²) in [5, 5.41) is 6.25. The van der Waals surface area contributed by atoms with E-state index < -0.39 is 0 Å². The third-order valence-corrected chi connectivity index (χ3v) is 2.83. The van der Waals surface area contributed by atoms with Crippen molar-refractivity contribution in [2.24, 2.45) is 0 Å². The van der Waals surface area contributed by atoms with Gasteiger partial charge >= 0.3 is 0 Å². The Hall–Kier alpha value is -1.49. The molecule has 0 bridgehead atoms. The first-order valence-electron chi connectivity index (χ1n) is 5.29. The quantitative estimate of drug-likeness (QED) is 0.883. The minimum absolute atomic E-state index is 0.686. The fraction of sp³-hybridized carbons (Fsp3) is 0.364. The van der Waals surface area contributed by atoms with Crippen molar-refractivity contribution in [1.82, 2.24) is 15.0 Å². The summed E-state index contributed by atoms with van der Waals surface area (Å²) < 4.78 is 0. The largest absolute Gasteiger partial charge is 0.370 e. The molecule has 1 N–H and O–H groups in total. The molecular weight excluding hydrogens is 220 g/mol. The summed E-state index contributed by atoms with van der Waals surface area (Å²) in [5.41, 5.74) is 0.850. The molecular formula is C11H14N4S. The lowest BCUT2D eigenvalue weighted by Crippen LogP contribution is -2.03. The van der Waals surface area contributed by atoms with Crippen LogP contribution in [-0.4, -0.2) is 21.5 Å². The summed E-state index contributed by atoms with van der Waals surface area (Å²) in [6.45, 7) is 5.03. The van der Waals surface area contributed by atoms with E-state index in [9.17, 15) is 0 Å². The van der Waals surface area contributed by atoms with Crippen molar-refractivity contribution in [3.8, 4) is 11.5 Å². The van der Waals surface area contributed by atoms with Crippen LogP contribution in [-0.2, 0) is 0 Å².